The van der Waals surface area contributed by atoms with E-state index in [1.807, 2.05) is 24.3 Å². The summed E-state index contributed by atoms with van der Waals surface area (Å²) in [5, 5.41) is 3.31. The summed E-state index contributed by atoms with van der Waals surface area (Å²) in [5.41, 5.74) is 6.19. The van der Waals surface area contributed by atoms with Crippen LogP contribution >= 0.6 is 0 Å². The Morgan fingerprint density at radius 2 is 1.84 bits per heavy atom. The normalized spacial score (nSPS) is 13.1. The number of nitrogens with one attached hydrogen (secondary N) is 1. The van der Waals surface area contributed by atoms with Crippen molar-refractivity contribution in [1.82, 2.24) is 5.32 Å². The van der Waals surface area contributed by atoms with Gasteiger partial charge in [0.1, 0.15) is 6.61 Å². The lowest BCUT2D eigenvalue weighted by molar-refractivity contribution is 0.275. The topological polar surface area (TPSA) is 56.5 Å². The number of ether oxygens (including phenoxy) is 2. The quantitative estimate of drug-likeness (QED) is 0.742. The van der Waals surface area contributed by atoms with Crippen molar-refractivity contribution in [2.24, 2.45) is 11.1 Å². The standard InChI is InChI=1S/C15H26N2O2/c1-15(2,3)14(16)11-17-9-10-19-13-8-6-5-7-12(13)18-4/h5-8,14,17H,9-11,16H2,1-4H3. The lowest BCUT2D eigenvalue weighted by Gasteiger charge is -2.27. The highest BCUT2D eigenvalue weighted by atomic mass is 16.5. The van der Waals surface area contributed by atoms with E-state index in [0.29, 0.717) is 6.61 Å². The molecule has 0 aliphatic rings. The van der Waals surface area contributed by atoms with Crippen LogP contribution in [0.4, 0.5) is 0 Å². The lowest BCUT2D eigenvalue weighted by Crippen LogP contribution is -2.44. The van der Waals surface area contributed by atoms with Gasteiger partial charge in [-0.3, -0.25) is 0 Å². The molecule has 0 radical (unpaired) electrons. The van der Waals surface area contributed by atoms with Gasteiger partial charge in [-0.2, -0.15) is 0 Å². The third-order valence-electron chi connectivity index (χ3n) is 3.08. The summed E-state index contributed by atoms with van der Waals surface area (Å²) in [6.07, 6.45) is 0. The zero-order valence-electron chi connectivity index (χ0n) is 12.4. The van der Waals surface area contributed by atoms with E-state index in [1.54, 1.807) is 7.11 Å². The third-order valence-corrected chi connectivity index (χ3v) is 3.08. The maximum absolute atomic E-state index is 6.07. The van der Waals surface area contributed by atoms with Gasteiger partial charge in [0.2, 0.25) is 0 Å². The Balaban J connectivity index is 2.24. The van der Waals surface area contributed by atoms with Gasteiger partial charge in [-0.25, -0.2) is 0 Å². The molecule has 108 valence electrons. The summed E-state index contributed by atoms with van der Waals surface area (Å²) < 4.78 is 10.9. The molecule has 19 heavy (non-hydrogen) atoms. The van der Waals surface area contributed by atoms with Gasteiger partial charge in [0.15, 0.2) is 11.5 Å². The molecule has 0 amide bonds. The minimum atomic E-state index is 0.122. The smallest absolute Gasteiger partial charge is 0.161 e. The fraction of sp³-hybridized carbons (Fsp3) is 0.600. The van der Waals surface area contributed by atoms with Crippen LogP contribution in [0.3, 0.4) is 0 Å². The van der Waals surface area contributed by atoms with Crippen LogP contribution in [0, 0.1) is 5.41 Å². The summed E-state index contributed by atoms with van der Waals surface area (Å²) in [7, 11) is 1.64. The van der Waals surface area contributed by atoms with Gasteiger partial charge in [-0.05, 0) is 17.5 Å². The van der Waals surface area contributed by atoms with Crippen LogP contribution < -0.4 is 20.5 Å². The maximum Gasteiger partial charge on any atom is 0.161 e. The Labute approximate surface area is 116 Å². The number of benzene rings is 1. The highest BCUT2D eigenvalue weighted by Crippen LogP contribution is 2.25. The first-order valence-corrected chi connectivity index (χ1v) is 6.67. The number of rotatable bonds is 7. The SMILES string of the molecule is COc1ccccc1OCCNCC(N)C(C)(C)C. The highest BCUT2D eigenvalue weighted by Gasteiger charge is 2.19. The zero-order valence-corrected chi connectivity index (χ0v) is 12.4. The van der Waals surface area contributed by atoms with Crippen LogP contribution in [0.25, 0.3) is 0 Å². The maximum atomic E-state index is 6.07. The molecule has 0 aliphatic heterocycles. The molecule has 0 spiro atoms. The predicted molar refractivity (Wildman–Crippen MR) is 78.8 cm³/mol. The van der Waals surface area contributed by atoms with Crippen LogP contribution in [-0.2, 0) is 0 Å². The van der Waals surface area contributed by atoms with Crippen molar-refractivity contribution in [3.05, 3.63) is 24.3 Å². The molecule has 1 unspecified atom stereocenters. The predicted octanol–water partition coefficient (Wildman–Crippen LogP) is 2.04. The van der Waals surface area contributed by atoms with E-state index in [1.165, 1.54) is 0 Å². The van der Waals surface area contributed by atoms with E-state index < -0.39 is 0 Å². The molecule has 0 fully saturated rings. The summed E-state index contributed by atoms with van der Waals surface area (Å²) in [5.74, 6) is 1.53. The van der Waals surface area contributed by atoms with E-state index in [-0.39, 0.29) is 11.5 Å². The fourth-order valence-electron chi connectivity index (χ4n) is 1.53. The first-order valence-electron chi connectivity index (χ1n) is 6.67. The number of para-hydroxylation sites is 2. The lowest BCUT2D eigenvalue weighted by atomic mass is 9.87. The van der Waals surface area contributed by atoms with Crippen LogP contribution in [0.5, 0.6) is 11.5 Å². The van der Waals surface area contributed by atoms with Gasteiger partial charge in [0, 0.05) is 19.1 Å². The van der Waals surface area contributed by atoms with Gasteiger partial charge in [0.25, 0.3) is 0 Å². The number of hydrogen-bond acceptors (Lipinski definition) is 4. The van der Waals surface area contributed by atoms with Crippen molar-refractivity contribution >= 4 is 0 Å². The zero-order chi connectivity index (χ0) is 14.3. The largest absolute Gasteiger partial charge is 0.493 e. The molecule has 0 bridgehead atoms. The van der Waals surface area contributed by atoms with Crippen molar-refractivity contribution in [2.75, 3.05) is 26.8 Å². The molecule has 1 rings (SSSR count). The Kier molecular flexibility index (Phi) is 6.12. The molecule has 1 aromatic rings. The summed E-state index contributed by atoms with van der Waals surface area (Å²) >= 11 is 0. The molecular formula is C15H26N2O2. The monoisotopic (exact) mass is 266 g/mol. The molecule has 0 aromatic heterocycles. The molecule has 0 heterocycles. The molecule has 1 aromatic carbocycles. The Morgan fingerprint density at radius 3 is 2.42 bits per heavy atom. The number of nitrogens with two attached hydrogens (primary N) is 1. The van der Waals surface area contributed by atoms with E-state index in [4.69, 9.17) is 15.2 Å². The second-order valence-electron chi connectivity index (χ2n) is 5.68. The molecule has 0 saturated heterocycles. The molecule has 3 N–H and O–H groups in total. The summed E-state index contributed by atoms with van der Waals surface area (Å²) in [6, 6.07) is 7.78. The summed E-state index contributed by atoms with van der Waals surface area (Å²) in [4.78, 5) is 0. The van der Waals surface area contributed by atoms with Gasteiger partial charge in [-0.15, -0.1) is 0 Å². The van der Waals surface area contributed by atoms with E-state index in [2.05, 4.69) is 26.1 Å². The van der Waals surface area contributed by atoms with Crippen LogP contribution in [-0.4, -0.2) is 32.8 Å². The van der Waals surface area contributed by atoms with Crippen molar-refractivity contribution in [2.45, 2.75) is 26.8 Å². The summed E-state index contributed by atoms with van der Waals surface area (Å²) in [6.45, 7) is 8.58. The van der Waals surface area contributed by atoms with Crippen molar-refractivity contribution in [3.8, 4) is 11.5 Å². The molecule has 0 saturated carbocycles. The Bertz CT molecular complexity index is 375. The average molecular weight is 266 g/mol. The molecular weight excluding hydrogens is 240 g/mol. The first kappa shape index (κ1) is 15.8. The van der Waals surface area contributed by atoms with Gasteiger partial charge >= 0.3 is 0 Å². The van der Waals surface area contributed by atoms with E-state index in [0.717, 1.165) is 24.6 Å². The highest BCUT2D eigenvalue weighted by molar-refractivity contribution is 5.39. The first-order chi connectivity index (χ1) is 8.95. The van der Waals surface area contributed by atoms with Crippen molar-refractivity contribution in [1.29, 1.82) is 0 Å². The molecule has 4 nitrogen and oxygen atoms in total. The van der Waals surface area contributed by atoms with Crippen LogP contribution in [0.1, 0.15) is 20.8 Å². The van der Waals surface area contributed by atoms with E-state index >= 15 is 0 Å². The molecule has 4 heteroatoms. The minimum absolute atomic E-state index is 0.122. The number of methoxy groups -OCH3 is 1. The molecule has 0 aliphatic carbocycles. The second-order valence-corrected chi connectivity index (χ2v) is 5.68. The second kappa shape index (κ2) is 7.36. The van der Waals surface area contributed by atoms with Crippen molar-refractivity contribution < 1.29 is 9.47 Å². The minimum Gasteiger partial charge on any atom is -0.493 e. The Hall–Kier alpha value is -1.26. The molecule has 1 atom stereocenters. The van der Waals surface area contributed by atoms with Crippen LogP contribution in [0.2, 0.25) is 0 Å². The van der Waals surface area contributed by atoms with Gasteiger partial charge in [-0.1, -0.05) is 32.9 Å². The van der Waals surface area contributed by atoms with Gasteiger partial charge < -0.3 is 20.5 Å². The third kappa shape index (κ3) is 5.49. The number of hydrogen-bond donors (Lipinski definition) is 2. The van der Waals surface area contributed by atoms with Gasteiger partial charge in [0.05, 0.1) is 7.11 Å². The Morgan fingerprint density at radius 1 is 1.21 bits per heavy atom. The van der Waals surface area contributed by atoms with Crippen molar-refractivity contribution in [3.63, 3.8) is 0 Å². The van der Waals surface area contributed by atoms with E-state index in [9.17, 15) is 0 Å². The fourth-order valence-corrected chi connectivity index (χ4v) is 1.53. The average Bonchev–Trinajstić information content (AvgIpc) is 2.37. The van der Waals surface area contributed by atoms with Crippen LogP contribution in [0.15, 0.2) is 24.3 Å².